The van der Waals surface area contributed by atoms with Crippen LogP contribution in [0.25, 0.3) is 0 Å². The summed E-state index contributed by atoms with van der Waals surface area (Å²) in [5.41, 5.74) is 3.05. The van der Waals surface area contributed by atoms with Gasteiger partial charge >= 0.3 is 5.97 Å². The van der Waals surface area contributed by atoms with Crippen molar-refractivity contribution in [2.75, 3.05) is 13.7 Å². The third-order valence-corrected chi connectivity index (χ3v) is 9.51. The topological polar surface area (TPSA) is 44.8 Å². The van der Waals surface area contributed by atoms with Crippen molar-refractivity contribution >= 4 is 5.97 Å². The molecular weight excluding hydrogens is 556 g/mol. The Hall–Kier alpha value is -3.89. The predicted molar refractivity (Wildman–Crippen MR) is 181 cm³/mol. The number of ether oxygens (including phenoxy) is 3. The molecule has 0 heterocycles. The van der Waals surface area contributed by atoms with Gasteiger partial charge in [0.25, 0.3) is 0 Å². The largest absolute Gasteiger partial charge is 0.497 e. The summed E-state index contributed by atoms with van der Waals surface area (Å²) in [6.45, 7) is 9.70. The van der Waals surface area contributed by atoms with Crippen molar-refractivity contribution in [3.05, 3.63) is 138 Å². The van der Waals surface area contributed by atoms with E-state index in [1.54, 1.807) is 7.11 Å². The van der Waals surface area contributed by atoms with E-state index in [0.717, 1.165) is 41.7 Å². The van der Waals surface area contributed by atoms with Crippen molar-refractivity contribution in [2.45, 2.75) is 58.7 Å². The summed E-state index contributed by atoms with van der Waals surface area (Å²) < 4.78 is 19.2. The van der Waals surface area contributed by atoms with E-state index in [4.69, 9.17) is 14.2 Å². The zero-order valence-electron chi connectivity index (χ0n) is 27.4. The lowest BCUT2D eigenvalue weighted by molar-refractivity contribution is -0.0754. The van der Waals surface area contributed by atoms with E-state index < -0.39 is 5.60 Å². The van der Waals surface area contributed by atoms with Gasteiger partial charge in [-0.05, 0) is 89.8 Å². The third-order valence-electron chi connectivity index (χ3n) is 9.51. The van der Waals surface area contributed by atoms with Crippen LogP contribution in [0.5, 0.6) is 5.75 Å². The van der Waals surface area contributed by atoms with Gasteiger partial charge < -0.3 is 14.2 Å². The first-order valence-electron chi connectivity index (χ1n) is 16.5. The third kappa shape index (κ3) is 7.50. The monoisotopic (exact) mass is 604 g/mol. The summed E-state index contributed by atoms with van der Waals surface area (Å²) >= 11 is 0. The van der Waals surface area contributed by atoms with Gasteiger partial charge in [0, 0.05) is 0 Å². The van der Waals surface area contributed by atoms with Crippen molar-refractivity contribution < 1.29 is 19.0 Å². The Labute approximate surface area is 269 Å². The Balaban J connectivity index is 1.49. The summed E-state index contributed by atoms with van der Waals surface area (Å²) in [6.07, 6.45) is 2.69. The van der Waals surface area contributed by atoms with Gasteiger partial charge in [-0.25, -0.2) is 4.79 Å². The highest BCUT2D eigenvalue weighted by Gasteiger charge is 2.44. The van der Waals surface area contributed by atoms with Gasteiger partial charge in [-0.2, -0.15) is 0 Å². The molecule has 0 bridgehead atoms. The first-order valence-corrected chi connectivity index (χ1v) is 16.5. The summed E-state index contributed by atoms with van der Waals surface area (Å²) in [5.74, 6) is 2.43. The Morgan fingerprint density at radius 2 is 1.24 bits per heavy atom. The van der Waals surface area contributed by atoms with Gasteiger partial charge in [0.05, 0.1) is 19.3 Å². The minimum atomic E-state index is -0.805. The maximum absolute atomic E-state index is 13.2. The molecule has 0 spiro atoms. The highest BCUT2D eigenvalue weighted by molar-refractivity contribution is 5.89. The molecule has 236 valence electrons. The van der Waals surface area contributed by atoms with Crippen molar-refractivity contribution in [3.63, 3.8) is 0 Å². The number of hydrogen-bond donors (Lipinski definition) is 0. The van der Waals surface area contributed by atoms with Crippen LogP contribution in [0.3, 0.4) is 0 Å². The molecule has 0 aromatic heterocycles. The highest BCUT2D eigenvalue weighted by Crippen LogP contribution is 2.46. The van der Waals surface area contributed by atoms with E-state index in [1.807, 2.05) is 42.5 Å². The van der Waals surface area contributed by atoms with Gasteiger partial charge in [0.2, 0.25) is 0 Å². The number of methoxy groups -OCH3 is 1. The van der Waals surface area contributed by atoms with Crippen LogP contribution < -0.4 is 4.74 Å². The normalized spacial score (nSPS) is 20.2. The molecule has 0 aliphatic heterocycles. The molecule has 4 heteroatoms. The maximum Gasteiger partial charge on any atom is 0.338 e. The molecule has 4 atom stereocenters. The molecule has 0 radical (unpaired) electrons. The number of hydrogen-bond acceptors (Lipinski definition) is 4. The molecule has 4 unspecified atom stereocenters. The molecule has 1 aliphatic rings. The van der Waals surface area contributed by atoms with Crippen LogP contribution >= 0.6 is 0 Å². The average Bonchev–Trinajstić information content (AvgIpc) is 3.07. The van der Waals surface area contributed by atoms with E-state index in [-0.39, 0.29) is 18.0 Å². The SMILES string of the molecule is COc1ccc(C(OCC2CC(CC(C)C)C(OC(=O)c3ccccc3)CC2C(C)C)(c2ccccc2)c2ccccc2)cc1. The Kier molecular flexibility index (Phi) is 10.8. The van der Waals surface area contributed by atoms with Crippen LogP contribution in [0.1, 0.15) is 74.0 Å². The fraction of sp³-hybridized carbons (Fsp3) is 0.390. The summed E-state index contributed by atoms with van der Waals surface area (Å²) in [7, 11) is 1.69. The summed E-state index contributed by atoms with van der Waals surface area (Å²) in [5, 5.41) is 0. The van der Waals surface area contributed by atoms with Crippen molar-refractivity contribution in [1.29, 1.82) is 0 Å². The molecule has 4 aromatic rings. The van der Waals surface area contributed by atoms with E-state index >= 15 is 0 Å². The van der Waals surface area contributed by atoms with Crippen LogP contribution in [-0.4, -0.2) is 25.8 Å². The summed E-state index contributed by atoms with van der Waals surface area (Å²) in [4.78, 5) is 13.2. The second-order valence-corrected chi connectivity index (χ2v) is 13.3. The standard InChI is InChI=1S/C41H48O4/c1-29(2)25-32-26-33(38(30(3)4)27-39(32)45-40(42)31-15-9-6-10-16-31)28-44-41(34-17-11-7-12-18-34,35-19-13-8-14-20-35)36-21-23-37(43-5)24-22-36/h6-24,29-30,32-33,38-39H,25-28H2,1-5H3. The van der Waals surface area contributed by atoms with E-state index in [0.29, 0.717) is 35.8 Å². The molecule has 4 nitrogen and oxygen atoms in total. The van der Waals surface area contributed by atoms with E-state index in [1.165, 1.54) is 0 Å². The van der Waals surface area contributed by atoms with Gasteiger partial charge in [-0.1, -0.05) is 119 Å². The first-order chi connectivity index (χ1) is 21.8. The molecule has 5 rings (SSSR count). The van der Waals surface area contributed by atoms with Gasteiger partial charge in [-0.15, -0.1) is 0 Å². The minimum absolute atomic E-state index is 0.113. The maximum atomic E-state index is 13.2. The summed E-state index contributed by atoms with van der Waals surface area (Å²) in [6, 6.07) is 38.8. The fourth-order valence-corrected chi connectivity index (χ4v) is 7.31. The molecule has 4 aromatic carbocycles. The second kappa shape index (κ2) is 14.9. The second-order valence-electron chi connectivity index (χ2n) is 13.3. The van der Waals surface area contributed by atoms with Crippen LogP contribution in [0, 0.1) is 29.6 Å². The Bertz CT molecular complexity index is 1430. The Morgan fingerprint density at radius 1 is 0.711 bits per heavy atom. The van der Waals surface area contributed by atoms with Crippen molar-refractivity contribution in [2.24, 2.45) is 29.6 Å². The predicted octanol–water partition coefficient (Wildman–Crippen LogP) is 9.57. The number of esters is 1. The quantitative estimate of drug-likeness (QED) is 0.119. The van der Waals surface area contributed by atoms with Gasteiger partial charge in [0.15, 0.2) is 0 Å². The molecule has 0 N–H and O–H groups in total. The number of rotatable bonds is 12. The molecule has 1 aliphatic carbocycles. The van der Waals surface area contributed by atoms with Gasteiger partial charge in [0.1, 0.15) is 17.5 Å². The fourth-order valence-electron chi connectivity index (χ4n) is 7.31. The lowest BCUT2D eigenvalue weighted by atomic mass is 9.67. The van der Waals surface area contributed by atoms with Crippen molar-refractivity contribution in [1.82, 2.24) is 0 Å². The molecule has 45 heavy (non-hydrogen) atoms. The molecule has 0 amide bonds. The first kappa shape index (κ1) is 32.5. The number of carbonyl (C=O) groups is 1. The highest BCUT2D eigenvalue weighted by atomic mass is 16.5. The lowest BCUT2D eigenvalue weighted by Crippen LogP contribution is -2.44. The van der Waals surface area contributed by atoms with Crippen LogP contribution in [0.4, 0.5) is 0 Å². The van der Waals surface area contributed by atoms with E-state index in [9.17, 15) is 4.79 Å². The van der Waals surface area contributed by atoms with Crippen LogP contribution in [-0.2, 0) is 15.1 Å². The molecule has 0 saturated heterocycles. The van der Waals surface area contributed by atoms with Gasteiger partial charge in [-0.3, -0.25) is 0 Å². The average molecular weight is 605 g/mol. The minimum Gasteiger partial charge on any atom is -0.497 e. The Morgan fingerprint density at radius 3 is 1.76 bits per heavy atom. The molecular formula is C41H48O4. The van der Waals surface area contributed by atoms with Crippen LogP contribution in [0.2, 0.25) is 0 Å². The number of carbonyl (C=O) groups excluding carboxylic acids is 1. The van der Waals surface area contributed by atoms with E-state index in [2.05, 4.69) is 100 Å². The smallest absolute Gasteiger partial charge is 0.338 e. The molecule has 1 fully saturated rings. The van der Waals surface area contributed by atoms with Crippen molar-refractivity contribution in [3.8, 4) is 5.75 Å². The lowest BCUT2D eigenvalue weighted by Gasteiger charge is -2.45. The van der Waals surface area contributed by atoms with Crippen LogP contribution in [0.15, 0.2) is 115 Å². The zero-order valence-corrected chi connectivity index (χ0v) is 27.4. The zero-order chi connectivity index (χ0) is 31.8. The number of benzene rings is 4. The molecule has 1 saturated carbocycles.